The van der Waals surface area contributed by atoms with E-state index in [0.29, 0.717) is 5.92 Å². The van der Waals surface area contributed by atoms with Crippen LogP contribution in [0.5, 0.6) is 0 Å². The molecule has 0 aromatic rings. The van der Waals surface area contributed by atoms with Crippen LogP contribution in [0.3, 0.4) is 0 Å². The number of carbonyl (C=O) groups excluding carboxylic acids is 1. The summed E-state index contributed by atoms with van der Waals surface area (Å²) in [4.78, 5) is 11.5. The maximum absolute atomic E-state index is 11.5. The lowest BCUT2D eigenvalue weighted by Crippen LogP contribution is -2.38. The third-order valence-electron chi connectivity index (χ3n) is 5.21. The number of fused-ring (bicyclic) bond motifs is 2. The topological polar surface area (TPSA) is 35.5 Å². The first kappa shape index (κ1) is 13.0. The second-order valence-electron chi connectivity index (χ2n) is 6.13. The molecule has 4 heteroatoms. The van der Waals surface area contributed by atoms with Crippen molar-refractivity contribution >= 4 is 17.8 Å². The van der Waals surface area contributed by atoms with E-state index in [1.807, 2.05) is 0 Å². The Kier molecular flexibility index (Phi) is 3.09. The molecule has 3 nitrogen and oxygen atoms in total. The molecule has 0 heterocycles. The summed E-state index contributed by atoms with van der Waals surface area (Å²) in [5.74, 6) is 0.652. The molecule has 0 radical (unpaired) electrons. The van der Waals surface area contributed by atoms with Crippen LogP contribution in [0.15, 0.2) is 0 Å². The van der Waals surface area contributed by atoms with E-state index in [1.54, 1.807) is 6.92 Å². The van der Waals surface area contributed by atoms with Crippen LogP contribution in [-0.2, 0) is 9.47 Å². The largest absolute Gasteiger partial charge is 0.510 e. The minimum atomic E-state index is -0.637. The number of carbonyl (C=O) groups is 1. The molecule has 2 rings (SSSR count). The highest BCUT2D eigenvalue weighted by Gasteiger charge is 2.63. The van der Waals surface area contributed by atoms with Gasteiger partial charge < -0.3 is 9.47 Å². The van der Waals surface area contributed by atoms with E-state index < -0.39 is 11.7 Å². The molecular formula is C13H21ClO3. The highest BCUT2D eigenvalue weighted by atomic mass is 35.5. The van der Waals surface area contributed by atoms with Gasteiger partial charge in [-0.1, -0.05) is 32.4 Å². The summed E-state index contributed by atoms with van der Waals surface area (Å²) < 4.78 is 10.3. The van der Waals surface area contributed by atoms with Gasteiger partial charge in [0.05, 0.1) is 0 Å². The van der Waals surface area contributed by atoms with Gasteiger partial charge in [-0.3, -0.25) is 0 Å². The number of hydrogen-bond donors (Lipinski definition) is 0. The van der Waals surface area contributed by atoms with Gasteiger partial charge in [0.1, 0.15) is 6.10 Å². The molecule has 1 unspecified atom stereocenters. The quantitative estimate of drug-likeness (QED) is 0.557. The molecule has 0 spiro atoms. The molecule has 2 bridgehead atoms. The summed E-state index contributed by atoms with van der Waals surface area (Å²) >= 11 is 5.60. The molecule has 0 aliphatic heterocycles. The zero-order valence-corrected chi connectivity index (χ0v) is 11.7. The standard InChI is InChI=1S/C13H21ClO3/c1-8(14)16-11(15)17-10-7-9-5-6-13(10,4)12(9,2)3/h8-10H,5-7H2,1-4H3/t8?,9-,10+,13+/m1/s1. The molecule has 4 atom stereocenters. The predicted octanol–water partition coefficient (Wildman–Crippen LogP) is 3.94. The first-order chi connectivity index (χ1) is 7.77. The summed E-state index contributed by atoms with van der Waals surface area (Å²) in [7, 11) is 0. The fourth-order valence-electron chi connectivity index (χ4n) is 3.59. The van der Waals surface area contributed by atoms with Crippen LogP contribution in [-0.4, -0.2) is 17.8 Å². The molecule has 0 N–H and O–H groups in total. The van der Waals surface area contributed by atoms with E-state index in [4.69, 9.17) is 21.1 Å². The molecule has 0 saturated heterocycles. The number of hydrogen-bond acceptors (Lipinski definition) is 3. The zero-order valence-electron chi connectivity index (χ0n) is 11.0. The smallest absolute Gasteiger partial charge is 0.430 e. The van der Waals surface area contributed by atoms with Crippen molar-refractivity contribution in [3.63, 3.8) is 0 Å². The molecule has 2 fully saturated rings. The first-order valence-corrected chi connectivity index (χ1v) is 6.72. The molecule has 0 amide bonds. The molecule has 2 aliphatic rings. The van der Waals surface area contributed by atoms with Crippen LogP contribution in [0.25, 0.3) is 0 Å². The van der Waals surface area contributed by atoms with Crippen molar-refractivity contribution < 1.29 is 14.3 Å². The first-order valence-electron chi connectivity index (χ1n) is 6.28. The third-order valence-corrected chi connectivity index (χ3v) is 5.30. The monoisotopic (exact) mass is 260 g/mol. The van der Waals surface area contributed by atoms with Gasteiger partial charge in [-0.15, -0.1) is 0 Å². The lowest BCUT2D eigenvalue weighted by Gasteiger charge is -2.38. The van der Waals surface area contributed by atoms with Gasteiger partial charge >= 0.3 is 6.16 Å². The van der Waals surface area contributed by atoms with Crippen LogP contribution in [0.2, 0.25) is 0 Å². The average molecular weight is 261 g/mol. The Bertz CT molecular complexity index is 327. The van der Waals surface area contributed by atoms with E-state index in [-0.39, 0.29) is 16.9 Å². The Hall–Kier alpha value is -0.440. The normalized spacial score (nSPS) is 40.1. The van der Waals surface area contributed by atoms with E-state index in [2.05, 4.69) is 20.8 Å². The van der Waals surface area contributed by atoms with Gasteiger partial charge in [-0.25, -0.2) is 4.79 Å². The van der Waals surface area contributed by atoms with Gasteiger partial charge in [0.15, 0.2) is 5.56 Å². The molecule has 0 aromatic heterocycles. The SMILES string of the molecule is CC(Cl)OC(=O)O[C@H]1C[C@H]2CC[C@]1(C)C2(C)C. The second-order valence-corrected chi connectivity index (χ2v) is 6.74. The number of halogens is 1. The molecule has 2 saturated carbocycles. The van der Waals surface area contributed by atoms with Crippen molar-refractivity contribution in [1.82, 2.24) is 0 Å². The summed E-state index contributed by atoms with van der Waals surface area (Å²) in [6.45, 7) is 8.39. The second kappa shape index (κ2) is 4.04. The highest BCUT2D eigenvalue weighted by Crippen LogP contribution is 2.66. The van der Waals surface area contributed by atoms with Crippen LogP contribution in [0.4, 0.5) is 4.79 Å². The Labute approximate surface area is 108 Å². The van der Waals surface area contributed by atoms with Crippen molar-refractivity contribution in [2.75, 3.05) is 0 Å². The minimum Gasteiger partial charge on any atom is -0.430 e. The molecular weight excluding hydrogens is 240 g/mol. The minimum absolute atomic E-state index is 0.0285. The van der Waals surface area contributed by atoms with E-state index in [1.165, 1.54) is 6.42 Å². The van der Waals surface area contributed by atoms with Gasteiger partial charge in [-0.2, -0.15) is 0 Å². The van der Waals surface area contributed by atoms with E-state index in [0.717, 1.165) is 12.8 Å². The van der Waals surface area contributed by atoms with Crippen molar-refractivity contribution in [3.05, 3.63) is 0 Å². The Morgan fingerprint density at radius 2 is 2.06 bits per heavy atom. The van der Waals surface area contributed by atoms with Gasteiger partial charge in [-0.05, 0) is 37.5 Å². The lowest BCUT2D eigenvalue weighted by molar-refractivity contribution is -0.0406. The van der Waals surface area contributed by atoms with Crippen molar-refractivity contribution in [3.8, 4) is 0 Å². The number of ether oxygens (including phenoxy) is 2. The van der Waals surface area contributed by atoms with Crippen molar-refractivity contribution in [2.45, 2.75) is 58.6 Å². The zero-order chi connectivity index (χ0) is 12.8. The van der Waals surface area contributed by atoms with Crippen LogP contribution in [0.1, 0.15) is 47.0 Å². The highest BCUT2D eigenvalue weighted by molar-refractivity contribution is 6.19. The van der Waals surface area contributed by atoms with Crippen molar-refractivity contribution in [1.29, 1.82) is 0 Å². The number of alkyl halides is 1. The van der Waals surface area contributed by atoms with E-state index in [9.17, 15) is 4.79 Å². The van der Waals surface area contributed by atoms with Crippen LogP contribution in [0, 0.1) is 16.7 Å². The molecule has 2 aliphatic carbocycles. The fraction of sp³-hybridized carbons (Fsp3) is 0.923. The Morgan fingerprint density at radius 1 is 1.41 bits per heavy atom. The molecule has 98 valence electrons. The summed E-state index contributed by atoms with van der Waals surface area (Å²) in [5.41, 5.74) is -0.321. The Morgan fingerprint density at radius 3 is 2.47 bits per heavy atom. The summed E-state index contributed by atoms with van der Waals surface area (Å²) in [5, 5.41) is 0. The van der Waals surface area contributed by atoms with Crippen LogP contribution >= 0.6 is 11.6 Å². The van der Waals surface area contributed by atoms with Gasteiger partial charge in [0.25, 0.3) is 0 Å². The maximum atomic E-state index is 11.5. The summed E-state index contributed by atoms with van der Waals surface area (Å²) in [6, 6.07) is 0. The Balaban J connectivity index is 2.03. The maximum Gasteiger partial charge on any atom is 0.510 e. The molecule has 0 aromatic carbocycles. The average Bonchev–Trinajstić information content (AvgIpc) is 2.49. The van der Waals surface area contributed by atoms with Gasteiger partial charge in [0, 0.05) is 5.41 Å². The molecule has 17 heavy (non-hydrogen) atoms. The summed E-state index contributed by atoms with van der Waals surface area (Å²) in [6.07, 6.45) is 2.65. The fourth-order valence-corrected chi connectivity index (χ4v) is 3.66. The van der Waals surface area contributed by atoms with E-state index >= 15 is 0 Å². The van der Waals surface area contributed by atoms with Crippen molar-refractivity contribution in [2.24, 2.45) is 16.7 Å². The van der Waals surface area contributed by atoms with Crippen LogP contribution < -0.4 is 0 Å². The third kappa shape index (κ3) is 1.92. The lowest BCUT2D eigenvalue weighted by atomic mass is 9.70. The van der Waals surface area contributed by atoms with Gasteiger partial charge in [0.2, 0.25) is 0 Å². The predicted molar refractivity (Wildman–Crippen MR) is 65.9 cm³/mol. The number of rotatable bonds is 2.